The maximum absolute atomic E-state index is 11.3. The van der Waals surface area contributed by atoms with Crippen molar-refractivity contribution in [2.24, 2.45) is 0 Å². The molecule has 0 aliphatic carbocycles. The van der Waals surface area contributed by atoms with E-state index in [-0.39, 0.29) is 10.8 Å². The Hall–Kier alpha value is -2.37. The van der Waals surface area contributed by atoms with E-state index in [1.54, 1.807) is 17.1 Å². The fraction of sp³-hybridized carbons (Fsp3) is 0.471. The molecule has 0 fully saturated rings. The minimum absolute atomic E-state index is 0.300. The van der Waals surface area contributed by atoms with Crippen LogP contribution in [-0.2, 0) is 10.8 Å². The second-order valence-electron chi connectivity index (χ2n) is 7.63. The lowest BCUT2D eigenvalue weighted by Crippen LogP contribution is -2.22. The average Bonchev–Trinajstić information content (AvgIpc) is 2.78. The normalized spacial score (nSPS) is 12.3. The largest absolute Gasteiger partial charge is 0.465 e. The van der Waals surface area contributed by atoms with E-state index in [9.17, 15) is 9.90 Å². The predicted molar refractivity (Wildman–Crippen MR) is 90.4 cm³/mol. The van der Waals surface area contributed by atoms with Gasteiger partial charge in [-0.2, -0.15) is 5.10 Å². The third-order valence-electron chi connectivity index (χ3n) is 3.43. The van der Waals surface area contributed by atoms with Crippen molar-refractivity contribution in [2.75, 3.05) is 5.32 Å². The number of hydrogen-bond acceptors (Lipinski definition) is 3. The molecule has 0 spiro atoms. The van der Waals surface area contributed by atoms with Crippen LogP contribution in [-0.4, -0.2) is 26.0 Å². The van der Waals surface area contributed by atoms with Crippen LogP contribution in [0.5, 0.6) is 0 Å². The summed E-state index contributed by atoms with van der Waals surface area (Å²) >= 11 is 0. The van der Waals surface area contributed by atoms with Gasteiger partial charge in [0.1, 0.15) is 0 Å². The standard InChI is InChI=1S/C17H24N4O2/c1-16(2,3)13-12(19-15(22)23)14(17(4,5)6)21(20-13)11-8-7-9-18-10-11/h7-10,19H,1-6H3,(H,22,23). The summed E-state index contributed by atoms with van der Waals surface area (Å²) in [6.45, 7) is 12.2. The molecule has 0 saturated carbocycles. The van der Waals surface area contributed by atoms with E-state index in [2.05, 4.69) is 10.3 Å². The molecule has 0 aromatic carbocycles. The third kappa shape index (κ3) is 3.52. The zero-order valence-corrected chi connectivity index (χ0v) is 14.5. The molecule has 124 valence electrons. The molecule has 0 atom stereocenters. The van der Waals surface area contributed by atoms with Crippen LogP contribution in [0.1, 0.15) is 52.9 Å². The van der Waals surface area contributed by atoms with Crippen molar-refractivity contribution in [2.45, 2.75) is 52.4 Å². The molecule has 2 aromatic rings. The summed E-state index contributed by atoms with van der Waals surface area (Å²) in [6.07, 6.45) is 2.33. The van der Waals surface area contributed by atoms with Gasteiger partial charge in [-0.25, -0.2) is 9.48 Å². The molecule has 0 bridgehead atoms. The first-order chi connectivity index (χ1) is 10.5. The molecule has 2 aromatic heterocycles. The molecule has 1 amide bonds. The van der Waals surface area contributed by atoms with E-state index in [0.717, 1.165) is 11.4 Å². The Morgan fingerprint density at radius 2 is 1.83 bits per heavy atom. The number of rotatable bonds is 2. The number of nitrogens with zero attached hydrogens (tertiary/aromatic N) is 3. The first kappa shape index (κ1) is 17.0. The first-order valence-corrected chi connectivity index (χ1v) is 7.56. The lowest BCUT2D eigenvalue weighted by atomic mass is 9.86. The predicted octanol–water partition coefficient (Wildman–Crippen LogP) is 3.95. The van der Waals surface area contributed by atoms with Gasteiger partial charge in [0.05, 0.1) is 29.0 Å². The monoisotopic (exact) mass is 316 g/mol. The van der Waals surface area contributed by atoms with E-state index < -0.39 is 6.09 Å². The zero-order chi connectivity index (χ0) is 17.4. The Kier molecular flexibility index (Phi) is 4.20. The number of hydrogen-bond donors (Lipinski definition) is 2. The molecule has 0 aliphatic rings. The van der Waals surface area contributed by atoms with Crippen LogP contribution in [0, 0.1) is 0 Å². The molecular formula is C17H24N4O2. The highest BCUT2D eigenvalue weighted by molar-refractivity contribution is 5.85. The second kappa shape index (κ2) is 5.68. The summed E-state index contributed by atoms with van der Waals surface area (Å²) in [6, 6.07) is 3.75. The molecule has 2 rings (SSSR count). The van der Waals surface area contributed by atoms with Gasteiger partial charge in [-0.15, -0.1) is 0 Å². The number of pyridine rings is 1. The highest BCUT2D eigenvalue weighted by atomic mass is 16.4. The fourth-order valence-corrected chi connectivity index (χ4v) is 2.53. The molecule has 0 radical (unpaired) electrons. The van der Waals surface area contributed by atoms with Crippen molar-refractivity contribution in [3.8, 4) is 5.69 Å². The van der Waals surface area contributed by atoms with E-state index in [1.165, 1.54) is 0 Å². The molecular weight excluding hydrogens is 292 g/mol. The van der Waals surface area contributed by atoms with Gasteiger partial charge < -0.3 is 5.11 Å². The van der Waals surface area contributed by atoms with Gasteiger partial charge in [0.15, 0.2) is 0 Å². The van der Waals surface area contributed by atoms with Crippen molar-refractivity contribution < 1.29 is 9.90 Å². The number of carboxylic acid groups (broad SMARTS) is 1. The number of amides is 1. The van der Waals surface area contributed by atoms with Crippen molar-refractivity contribution in [3.05, 3.63) is 35.9 Å². The summed E-state index contributed by atoms with van der Waals surface area (Å²) in [5.74, 6) is 0. The quantitative estimate of drug-likeness (QED) is 0.879. The summed E-state index contributed by atoms with van der Waals surface area (Å²) < 4.78 is 1.79. The third-order valence-corrected chi connectivity index (χ3v) is 3.43. The van der Waals surface area contributed by atoms with Crippen LogP contribution >= 0.6 is 0 Å². The summed E-state index contributed by atoms with van der Waals surface area (Å²) in [5.41, 5.74) is 2.30. The first-order valence-electron chi connectivity index (χ1n) is 7.56. The zero-order valence-electron chi connectivity index (χ0n) is 14.5. The number of carbonyl (C=O) groups is 1. The Morgan fingerprint density at radius 3 is 2.26 bits per heavy atom. The Bertz CT molecular complexity index is 707. The van der Waals surface area contributed by atoms with Crippen LogP contribution in [0.3, 0.4) is 0 Å². The minimum Gasteiger partial charge on any atom is -0.465 e. The van der Waals surface area contributed by atoms with Crippen molar-refractivity contribution in [3.63, 3.8) is 0 Å². The van der Waals surface area contributed by atoms with Crippen LogP contribution in [0.15, 0.2) is 24.5 Å². The Balaban J connectivity index is 2.82. The fourth-order valence-electron chi connectivity index (χ4n) is 2.53. The van der Waals surface area contributed by atoms with E-state index >= 15 is 0 Å². The average molecular weight is 316 g/mol. The highest BCUT2D eigenvalue weighted by Crippen LogP contribution is 2.38. The SMILES string of the molecule is CC(C)(C)c1nn(-c2cccnc2)c(C(C)(C)C)c1NC(=O)O. The highest BCUT2D eigenvalue weighted by Gasteiger charge is 2.33. The molecule has 6 nitrogen and oxygen atoms in total. The van der Waals surface area contributed by atoms with Crippen LogP contribution < -0.4 is 5.32 Å². The second-order valence-corrected chi connectivity index (χ2v) is 7.63. The smallest absolute Gasteiger partial charge is 0.409 e. The van der Waals surface area contributed by atoms with Crippen molar-refractivity contribution in [1.29, 1.82) is 0 Å². The molecule has 0 aliphatic heterocycles. The van der Waals surface area contributed by atoms with Crippen LogP contribution in [0.25, 0.3) is 5.69 Å². The Labute approximate surface area is 136 Å². The number of aromatic nitrogens is 3. The maximum Gasteiger partial charge on any atom is 0.409 e. The summed E-state index contributed by atoms with van der Waals surface area (Å²) in [7, 11) is 0. The van der Waals surface area contributed by atoms with E-state index in [4.69, 9.17) is 5.10 Å². The van der Waals surface area contributed by atoms with E-state index in [1.807, 2.05) is 53.7 Å². The lowest BCUT2D eigenvalue weighted by molar-refractivity contribution is 0.209. The topological polar surface area (TPSA) is 80.0 Å². The lowest BCUT2D eigenvalue weighted by Gasteiger charge is -2.23. The molecule has 2 heterocycles. The van der Waals surface area contributed by atoms with Crippen molar-refractivity contribution >= 4 is 11.8 Å². The van der Waals surface area contributed by atoms with Gasteiger partial charge >= 0.3 is 6.09 Å². The van der Waals surface area contributed by atoms with Gasteiger partial charge in [-0.3, -0.25) is 10.3 Å². The van der Waals surface area contributed by atoms with Gasteiger partial charge in [-0.05, 0) is 12.1 Å². The van der Waals surface area contributed by atoms with Gasteiger partial charge in [-0.1, -0.05) is 41.5 Å². The molecule has 0 saturated heterocycles. The van der Waals surface area contributed by atoms with Crippen molar-refractivity contribution in [1.82, 2.24) is 14.8 Å². The number of nitrogens with one attached hydrogen (secondary N) is 1. The molecule has 23 heavy (non-hydrogen) atoms. The van der Waals surface area contributed by atoms with Gasteiger partial charge in [0.2, 0.25) is 0 Å². The maximum atomic E-state index is 11.3. The minimum atomic E-state index is -1.09. The summed E-state index contributed by atoms with van der Waals surface area (Å²) in [5, 5.41) is 16.5. The van der Waals surface area contributed by atoms with Gasteiger partial charge in [0.25, 0.3) is 0 Å². The number of anilines is 1. The van der Waals surface area contributed by atoms with Gasteiger partial charge in [0, 0.05) is 17.0 Å². The Morgan fingerprint density at radius 1 is 1.17 bits per heavy atom. The van der Waals surface area contributed by atoms with Crippen LogP contribution in [0.4, 0.5) is 10.5 Å². The summed E-state index contributed by atoms with van der Waals surface area (Å²) in [4.78, 5) is 15.5. The molecule has 2 N–H and O–H groups in total. The molecule has 6 heteroatoms. The molecule has 0 unspecified atom stereocenters. The van der Waals surface area contributed by atoms with Crippen LogP contribution in [0.2, 0.25) is 0 Å². The van der Waals surface area contributed by atoms with E-state index in [0.29, 0.717) is 11.4 Å².